The lowest BCUT2D eigenvalue weighted by Crippen LogP contribution is -2.28. The van der Waals surface area contributed by atoms with E-state index < -0.39 is 5.91 Å². The molecule has 70 valence electrons. The Kier molecular flexibility index (Phi) is 4.42. The van der Waals surface area contributed by atoms with Gasteiger partial charge in [-0.15, -0.1) is 0 Å². The van der Waals surface area contributed by atoms with Crippen LogP contribution in [0.5, 0.6) is 0 Å². The average molecular weight is 190 g/mol. The van der Waals surface area contributed by atoms with Crippen LogP contribution in [0.2, 0.25) is 0 Å². The zero-order valence-electron chi connectivity index (χ0n) is 6.91. The molecule has 0 aromatic rings. The first-order valence-corrected chi connectivity index (χ1v) is 5.15. The Morgan fingerprint density at radius 2 is 2.58 bits per heavy atom. The van der Waals surface area contributed by atoms with E-state index in [1.54, 1.807) is 0 Å². The van der Waals surface area contributed by atoms with E-state index in [4.69, 9.17) is 10.6 Å². The number of nitrogens with one attached hydrogen (secondary N) is 1. The van der Waals surface area contributed by atoms with Crippen molar-refractivity contribution in [3.63, 3.8) is 0 Å². The molecule has 1 fully saturated rings. The molecule has 0 saturated carbocycles. The van der Waals surface area contributed by atoms with Crippen LogP contribution in [-0.4, -0.2) is 30.6 Å². The van der Waals surface area contributed by atoms with Crippen molar-refractivity contribution in [2.24, 2.45) is 11.7 Å². The molecule has 0 aromatic carbocycles. The van der Waals surface area contributed by atoms with Gasteiger partial charge in [0.05, 0.1) is 0 Å². The minimum Gasteiger partial charge on any atom is -0.368 e. The van der Waals surface area contributed by atoms with Gasteiger partial charge >= 0.3 is 0 Å². The fourth-order valence-electron chi connectivity index (χ4n) is 1.04. The summed E-state index contributed by atoms with van der Waals surface area (Å²) in [5.41, 5.74) is 7.62. The first-order valence-electron chi connectivity index (χ1n) is 3.99. The number of amides is 1. The molecular weight excluding hydrogens is 176 g/mol. The second-order valence-electron chi connectivity index (χ2n) is 2.83. The number of carbonyl (C=O) groups is 1. The van der Waals surface area contributed by atoms with Gasteiger partial charge in [-0.1, -0.05) is 0 Å². The van der Waals surface area contributed by atoms with Crippen molar-refractivity contribution >= 4 is 17.7 Å². The van der Waals surface area contributed by atoms with Gasteiger partial charge in [-0.2, -0.15) is 11.8 Å². The summed E-state index contributed by atoms with van der Waals surface area (Å²) in [5, 5.41) is 0. The van der Waals surface area contributed by atoms with Gasteiger partial charge in [-0.25, -0.2) is 5.48 Å². The molecule has 1 heterocycles. The van der Waals surface area contributed by atoms with E-state index in [0.29, 0.717) is 5.92 Å². The lowest BCUT2D eigenvalue weighted by molar-refractivity contribution is -0.125. The molecule has 1 amide bonds. The Morgan fingerprint density at radius 1 is 1.75 bits per heavy atom. The lowest BCUT2D eigenvalue weighted by atomic mass is 10.1. The summed E-state index contributed by atoms with van der Waals surface area (Å²) < 4.78 is 0. The highest BCUT2D eigenvalue weighted by Gasteiger charge is 2.14. The molecule has 1 aliphatic rings. The largest absolute Gasteiger partial charge is 0.368 e. The number of hydroxylamine groups is 1. The topological polar surface area (TPSA) is 64.4 Å². The number of carbonyl (C=O) groups excluding carboxylic acids is 1. The van der Waals surface area contributed by atoms with Gasteiger partial charge < -0.3 is 5.73 Å². The fraction of sp³-hybridized carbons (Fsp3) is 0.857. The Balaban J connectivity index is 1.91. The third kappa shape index (κ3) is 3.94. The quantitative estimate of drug-likeness (QED) is 0.463. The maximum atomic E-state index is 10.2. The maximum absolute atomic E-state index is 10.2. The van der Waals surface area contributed by atoms with Crippen molar-refractivity contribution in [2.75, 3.05) is 24.7 Å². The summed E-state index contributed by atoms with van der Waals surface area (Å²) in [4.78, 5) is 15.1. The van der Waals surface area contributed by atoms with Crippen LogP contribution >= 0.6 is 11.8 Å². The van der Waals surface area contributed by atoms with E-state index in [1.165, 1.54) is 17.9 Å². The van der Waals surface area contributed by atoms with E-state index in [9.17, 15) is 4.79 Å². The molecule has 1 unspecified atom stereocenters. The Hall–Kier alpha value is -0.260. The summed E-state index contributed by atoms with van der Waals surface area (Å²) in [6.45, 7) is 0.778. The predicted molar refractivity (Wildman–Crippen MR) is 48.6 cm³/mol. The van der Waals surface area contributed by atoms with Gasteiger partial charge in [-0.3, -0.25) is 9.63 Å². The number of thioether (sulfide) groups is 1. The van der Waals surface area contributed by atoms with Crippen LogP contribution < -0.4 is 11.2 Å². The van der Waals surface area contributed by atoms with Crippen molar-refractivity contribution < 1.29 is 9.63 Å². The molecule has 3 N–H and O–H groups in total. The van der Waals surface area contributed by atoms with Crippen LogP contribution in [0, 0.1) is 5.92 Å². The third-order valence-corrected chi connectivity index (χ3v) is 2.94. The zero-order chi connectivity index (χ0) is 8.81. The molecule has 0 aromatic heterocycles. The average Bonchev–Trinajstić information content (AvgIpc) is 2.49. The smallest absolute Gasteiger partial charge is 0.245 e. The second-order valence-corrected chi connectivity index (χ2v) is 3.98. The van der Waals surface area contributed by atoms with Crippen LogP contribution in [-0.2, 0) is 9.63 Å². The van der Waals surface area contributed by atoms with E-state index in [1.807, 2.05) is 11.8 Å². The zero-order valence-corrected chi connectivity index (χ0v) is 7.73. The van der Waals surface area contributed by atoms with Gasteiger partial charge in [0.2, 0.25) is 5.91 Å². The molecule has 0 spiro atoms. The number of primary amides is 1. The van der Waals surface area contributed by atoms with Crippen molar-refractivity contribution in [1.29, 1.82) is 0 Å². The summed E-state index contributed by atoms with van der Waals surface area (Å²) >= 11 is 1.96. The van der Waals surface area contributed by atoms with Gasteiger partial charge in [0.1, 0.15) is 6.61 Å². The molecule has 4 nitrogen and oxygen atoms in total. The molecule has 12 heavy (non-hydrogen) atoms. The van der Waals surface area contributed by atoms with Crippen LogP contribution in [0.15, 0.2) is 0 Å². The Labute approximate surface area is 76.2 Å². The van der Waals surface area contributed by atoms with Crippen LogP contribution in [0.25, 0.3) is 0 Å². The van der Waals surface area contributed by atoms with Gasteiger partial charge in [-0.05, 0) is 23.8 Å². The number of rotatable bonds is 5. The SMILES string of the molecule is NC(=O)CONCC1CCSC1. The summed E-state index contributed by atoms with van der Waals surface area (Å²) in [6, 6.07) is 0. The van der Waals surface area contributed by atoms with Crippen LogP contribution in [0.4, 0.5) is 0 Å². The summed E-state index contributed by atoms with van der Waals surface area (Å²) in [7, 11) is 0. The fourth-order valence-corrected chi connectivity index (χ4v) is 2.33. The minimum absolute atomic E-state index is 0.0418. The van der Waals surface area contributed by atoms with Gasteiger partial charge in [0, 0.05) is 6.54 Å². The van der Waals surface area contributed by atoms with Crippen LogP contribution in [0.3, 0.4) is 0 Å². The van der Waals surface area contributed by atoms with E-state index in [-0.39, 0.29) is 6.61 Å². The predicted octanol–water partition coefficient (Wildman–Crippen LogP) is -0.254. The normalized spacial score (nSPS) is 22.8. The lowest BCUT2D eigenvalue weighted by Gasteiger charge is -2.08. The summed E-state index contributed by atoms with van der Waals surface area (Å²) in [6.07, 6.45) is 1.23. The van der Waals surface area contributed by atoms with Crippen LogP contribution in [0.1, 0.15) is 6.42 Å². The Morgan fingerprint density at radius 3 is 3.17 bits per heavy atom. The number of hydrogen-bond donors (Lipinski definition) is 2. The third-order valence-electron chi connectivity index (χ3n) is 1.71. The van der Waals surface area contributed by atoms with Crippen molar-refractivity contribution in [3.05, 3.63) is 0 Å². The number of hydrogen-bond acceptors (Lipinski definition) is 4. The first kappa shape index (κ1) is 9.83. The highest BCUT2D eigenvalue weighted by Crippen LogP contribution is 2.22. The molecule has 1 rings (SSSR count). The monoisotopic (exact) mass is 190 g/mol. The molecule has 0 aliphatic carbocycles. The molecular formula is C7H14N2O2S. The van der Waals surface area contributed by atoms with Crippen molar-refractivity contribution in [2.45, 2.75) is 6.42 Å². The van der Waals surface area contributed by atoms with E-state index in [0.717, 1.165) is 6.54 Å². The highest BCUT2D eigenvalue weighted by atomic mass is 32.2. The summed E-state index contributed by atoms with van der Waals surface area (Å²) in [5.74, 6) is 2.67. The second kappa shape index (κ2) is 5.40. The van der Waals surface area contributed by atoms with Gasteiger partial charge in [0.15, 0.2) is 0 Å². The maximum Gasteiger partial charge on any atom is 0.245 e. The molecule has 0 radical (unpaired) electrons. The molecule has 5 heteroatoms. The van der Waals surface area contributed by atoms with Crippen molar-refractivity contribution in [1.82, 2.24) is 5.48 Å². The van der Waals surface area contributed by atoms with Crippen molar-refractivity contribution in [3.8, 4) is 0 Å². The highest BCUT2D eigenvalue weighted by molar-refractivity contribution is 7.99. The molecule has 1 aliphatic heterocycles. The minimum atomic E-state index is -0.441. The first-order chi connectivity index (χ1) is 5.79. The van der Waals surface area contributed by atoms with Gasteiger partial charge in [0.25, 0.3) is 0 Å². The van der Waals surface area contributed by atoms with E-state index >= 15 is 0 Å². The molecule has 1 atom stereocenters. The number of nitrogens with two attached hydrogens (primary N) is 1. The molecule has 1 saturated heterocycles. The molecule has 0 bridgehead atoms. The van der Waals surface area contributed by atoms with E-state index in [2.05, 4.69) is 5.48 Å². The Bertz CT molecular complexity index is 148. The standard InChI is InChI=1S/C7H14N2O2S/c8-7(10)4-11-9-3-6-1-2-12-5-6/h6,9H,1-5H2,(H2,8,10).